The van der Waals surface area contributed by atoms with E-state index in [0.717, 1.165) is 48.4 Å². The molecule has 0 amide bonds. The fourth-order valence-electron chi connectivity index (χ4n) is 4.50. The van der Waals surface area contributed by atoms with Crippen molar-refractivity contribution in [2.45, 2.75) is 31.6 Å². The fraction of sp³-hybridized carbons (Fsp3) is 0.310. The van der Waals surface area contributed by atoms with Crippen molar-refractivity contribution < 1.29 is 8.42 Å². The van der Waals surface area contributed by atoms with Crippen LogP contribution >= 0.6 is 0 Å². The van der Waals surface area contributed by atoms with Gasteiger partial charge in [0.1, 0.15) is 5.82 Å². The van der Waals surface area contributed by atoms with Gasteiger partial charge in [-0.1, -0.05) is 44.2 Å². The summed E-state index contributed by atoms with van der Waals surface area (Å²) in [4.78, 5) is 7.36. The van der Waals surface area contributed by atoms with Crippen LogP contribution in [0.5, 0.6) is 0 Å². The maximum Gasteiger partial charge on any atom is 0.264 e. The van der Waals surface area contributed by atoms with Crippen molar-refractivity contribution >= 4 is 26.7 Å². The first-order valence-corrected chi connectivity index (χ1v) is 14.1. The number of benzene rings is 3. The lowest BCUT2D eigenvalue weighted by molar-refractivity contribution is 0.313. The van der Waals surface area contributed by atoms with Crippen LogP contribution in [0, 0.1) is 11.3 Å². The number of hydrogen-bond donors (Lipinski definition) is 0. The van der Waals surface area contributed by atoms with Crippen molar-refractivity contribution in [3.63, 3.8) is 0 Å². The van der Waals surface area contributed by atoms with Crippen LogP contribution in [0.3, 0.4) is 0 Å². The van der Waals surface area contributed by atoms with Crippen LogP contribution in [0.25, 0.3) is 11.0 Å². The number of fused-ring (bicyclic) bond motifs is 1. The van der Waals surface area contributed by atoms with Crippen LogP contribution in [-0.4, -0.2) is 49.0 Å². The van der Waals surface area contributed by atoms with Gasteiger partial charge in [-0.15, -0.1) is 0 Å². The number of hydrogen-bond acceptors (Lipinski definition) is 5. The second kappa shape index (κ2) is 11.6. The maximum atomic E-state index is 13.7. The molecule has 4 rings (SSSR count). The molecule has 0 N–H and O–H groups in total. The molecule has 0 atom stereocenters. The van der Waals surface area contributed by atoms with Crippen LogP contribution in [0.15, 0.2) is 77.7 Å². The number of rotatable bonds is 11. The first-order chi connectivity index (χ1) is 17.9. The summed E-state index contributed by atoms with van der Waals surface area (Å²) >= 11 is 0. The van der Waals surface area contributed by atoms with Gasteiger partial charge in [-0.05, 0) is 67.5 Å². The molecule has 3 aromatic carbocycles. The smallest absolute Gasteiger partial charge is 0.264 e. The van der Waals surface area contributed by atoms with Gasteiger partial charge in [0, 0.05) is 26.6 Å². The van der Waals surface area contributed by atoms with Crippen molar-refractivity contribution in [1.82, 2.24) is 14.5 Å². The highest BCUT2D eigenvalue weighted by molar-refractivity contribution is 7.92. The SMILES string of the molecule is CCN(CC)CCN(c1ccc2c(c1)nc(CCc1ccc(C#N)cc1)n2C)S(=O)(=O)c1ccccc1. The molecule has 0 radical (unpaired) electrons. The number of sulfonamides is 1. The molecule has 0 saturated heterocycles. The second-order valence-electron chi connectivity index (χ2n) is 8.99. The third-order valence-corrected chi connectivity index (χ3v) is 8.65. The molecule has 0 spiro atoms. The molecule has 192 valence electrons. The van der Waals surface area contributed by atoms with E-state index in [1.54, 1.807) is 24.3 Å². The van der Waals surface area contributed by atoms with E-state index < -0.39 is 10.0 Å². The Morgan fingerprint density at radius 3 is 2.27 bits per heavy atom. The lowest BCUT2D eigenvalue weighted by Gasteiger charge is -2.27. The van der Waals surface area contributed by atoms with Crippen LogP contribution in [-0.2, 0) is 29.9 Å². The molecule has 0 fully saturated rings. The van der Waals surface area contributed by atoms with E-state index in [4.69, 9.17) is 10.2 Å². The molecular formula is C29H33N5O2S. The Morgan fingerprint density at radius 2 is 1.62 bits per heavy atom. The summed E-state index contributed by atoms with van der Waals surface area (Å²) in [6, 6.07) is 24.0. The molecule has 0 aliphatic carbocycles. The molecule has 0 aliphatic heterocycles. The van der Waals surface area contributed by atoms with Gasteiger partial charge >= 0.3 is 0 Å². The number of nitriles is 1. The number of likely N-dealkylation sites (N-methyl/N-ethyl adjacent to an activating group) is 1. The average Bonchev–Trinajstić information content (AvgIpc) is 3.25. The molecular weight excluding hydrogens is 482 g/mol. The van der Waals surface area contributed by atoms with Crippen molar-refractivity contribution in [2.24, 2.45) is 7.05 Å². The highest BCUT2D eigenvalue weighted by Crippen LogP contribution is 2.28. The molecule has 7 nitrogen and oxygen atoms in total. The highest BCUT2D eigenvalue weighted by atomic mass is 32.2. The third kappa shape index (κ3) is 5.85. The predicted octanol–water partition coefficient (Wildman–Crippen LogP) is 4.77. The molecule has 0 bridgehead atoms. The van der Waals surface area contributed by atoms with Gasteiger partial charge in [-0.2, -0.15) is 5.26 Å². The Labute approximate surface area is 219 Å². The molecule has 1 heterocycles. The van der Waals surface area contributed by atoms with Gasteiger partial charge in [0.15, 0.2) is 0 Å². The molecule has 1 aromatic heterocycles. The molecule has 0 aliphatic rings. The van der Waals surface area contributed by atoms with E-state index in [2.05, 4.69) is 29.4 Å². The maximum absolute atomic E-state index is 13.7. The monoisotopic (exact) mass is 515 g/mol. The van der Waals surface area contributed by atoms with Crippen molar-refractivity contribution in [1.29, 1.82) is 5.26 Å². The minimum Gasteiger partial charge on any atom is -0.331 e. The number of nitrogens with zero attached hydrogens (tertiary/aromatic N) is 5. The van der Waals surface area contributed by atoms with E-state index >= 15 is 0 Å². The van der Waals surface area contributed by atoms with E-state index in [-0.39, 0.29) is 4.90 Å². The Balaban J connectivity index is 1.64. The Morgan fingerprint density at radius 1 is 0.919 bits per heavy atom. The van der Waals surface area contributed by atoms with Gasteiger partial charge in [0.25, 0.3) is 10.0 Å². The first-order valence-electron chi connectivity index (χ1n) is 12.6. The quantitative estimate of drug-likeness (QED) is 0.287. The van der Waals surface area contributed by atoms with Crippen LogP contribution in [0.4, 0.5) is 5.69 Å². The summed E-state index contributed by atoms with van der Waals surface area (Å²) in [5.41, 5.74) is 4.13. The van der Waals surface area contributed by atoms with Crippen molar-refractivity contribution in [3.05, 3.63) is 89.7 Å². The summed E-state index contributed by atoms with van der Waals surface area (Å²) in [6.45, 7) is 6.87. The minimum absolute atomic E-state index is 0.277. The molecule has 0 saturated carbocycles. The standard InChI is InChI=1S/C29H33N5O2S/c1-4-33(5-2)19-20-34(37(35,36)26-9-7-6-8-10-26)25-16-17-28-27(21-25)31-29(32(28)3)18-15-23-11-13-24(22-30)14-12-23/h6-14,16-17,21H,4-5,15,18-20H2,1-3H3. The number of aryl methyl sites for hydroxylation is 3. The van der Waals surface area contributed by atoms with Crippen LogP contribution in [0.2, 0.25) is 0 Å². The summed E-state index contributed by atoms with van der Waals surface area (Å²) in [5, 5.41) is 9.01. The Kier molecular flexibility index (Phi) is 8.27. The first kappa shape index (κ1) is 26.4. The molecule has 37 heavy (non-hydrogen) atoms. The Bertz CT molecular complexity index is 1490. The summed E-state index contributed by atoms with van der Waals surface area (Å²) in [6.07, 6.45) is 1.54. The zero-order valence-electron chi connectivity index (χ0n) is 21.6. The zero-order valence-corrected chi connectivity index (χ0v) is 22.4. The molecule has 4 aromatic rings. The van der Waals surface area contributed by atoms with Gasteiger partial charge in [-0.25, -0.2) is 13.4 Å². The van der Waals surface area contributed by atoms with Gasteiger partial charge in [0.05, 0.1) is 33.2 Å². The minimum atomic E-state index is -3.74. The third-order valence-electron chi connectivity index (χ3n) is 6.81. The zero-order chi connectivity index (χ0) is 26.4. The van der Waals surface area contributed by atoms with Crippen LogP contribution < -0.4 is 4.31 Å². The van der Waals surface area contributed by atoms with Crippen molar-refractivity contribution in [3.8, 4) is 6.07 Å². The number of imidazole rings is 1. The highest BCUT2D eigenvalue weighted by Gasteiger charge is 2.26. The normalized spacial score (nSPS) is 11.6. The topological polar surface area (TPSA) is 82.2 Å². The average molecular weight is 516 g/mol. The van der Waals surface area contributed by atoms with E-state index in [0.29, 0.717) is 24.3 Å². The van der Waals surface area contributed by atoms with E-state index in [1.807, 2.05) is 55.6 Å². The number of aromatic nitrogens is 2. The lowest BCUT2D eigenvalue weighted by Crippen LogP contribution is -2.38. The van der Waals surface area contributed by atoms with Crippen LogP contribution in [0.1, 0.15) is 30.8 Å². The second-order valence-corrected chi connectivity index (χ2v) is 10.8. The molecule has 0 unspecified atom stereocenters. The van der Waals surface area contributed by atoms with Gasteiger partial charge < -0.3 is 9.47 Å². The van der Waals surface area contributed by atoms with E-state index in [1.165, 1.54) is 4.31 Å². The van der Waals surface area contributed by atoms with E-state index in [9.17, 15) is 8.42 Å². The lowest BCUT2D eigenvalue weighted by atomic mass is 10.1. The van der Waals surface area contributed by atoms with Crippen molar-refractivity contribution in [2.75, 3.05) is 30.5 Å². The number of anilines is 1. The van der Waals surface area contributed by atoms with Gasteiger partial charge in [0.2, 0.25) is 0 Å². The fourth-order valence-corrected chi connectivity index (χ4v) is 5.97. The Hall–Kier alpha value is -3.67. The summed E-state index contributed by atoms with van der Waals surface area (Å²) < 4.78 is 31.0. The van der Waals surface area contributed by atoms with Gasteiger partial charge in [-0.3, -0.25) is 4.31 Å². The largest absolute Gasteiger partial charge is 0.331 e. The summed E-state index contributed by atoms with van der Waals surface area (Å²) in [5.74, 6) is 0.928. The molecule has 8 heteroatoms. The summed E-state index contributed by atoms with van der Waals surface area (Å²) in [7, 11) is -1.75. The predicted molar refractivity (Wildman–Crippen MR) is 148 cm³/mol.